The highest BCUT2D eigenvalue weighted by Gasteiger charge is 2.38. The number of allylic oxidation sites excluding steroid dienone is 1. The van der Waals surface area contributed by atoms with Gasteiger partial charge < -0.3 is 14.6 Å². The molecular weight excluding hydrogens is 432 g/mol. The lowest BCUT2D eigenvalue weighted by Crippen LogP contribution is -2.28. The SMILES string of the molecule is CCCCCCCCOc1ccc([C@H](CC(=O)OC)C2=C(O)c3ccccc3C(=O)C2=O)cc1. The van der Waals surface area contributed by atoms with Gasteiger partial charge in [-0.25, -0.2) is 0 Å². The Morgan fingerprint density at radius 1 is 0.882 bits per heavy atom. The molecule has 6 nitrogen and oxygen atoms in total. The van der Waals surface area contributed by atoms with Crippen molar-refractivity contribution in [3.05, 3.63) is 70.8 Å². The number of aliphatic hydroxyl groups excluding tert-OH is 1. The van der Waals surface area contributed by atoms with Crippen LogP contribution in [0.5, 0.6) is 5.75 Å². The molecule has 3 rings (SSSR count). The zero-order chi connectivity index (χ0) is 24.5. The van der Waals surface area contributed by atoms with Gasteiger partial charge in [-0.1, -0.05) is 75.4 Å². The maximum atomic E-state index is 13.0. The third kappa shape index (κ3) is 5.93. The van der Waals surface area contributed by atoms with E-state index in [0.29, 0.717) is 17.9 Å². The first-order valence-corrected chi connectivity index (χ1v) is 11.9. The lowest BCUT2D eigenvalue weighted by molar-refractivity contribution is -0.140. The lowest BCUT2D eigenvalue weighted by atomic mass is 9.78. The van der Waals surface area contributed by atoms with Crippen molar-refractivity contribution in [1.29, 1.82) is 0 Å². The molecule has 0 saturated carbocycles. The Balaban J connectivity index is 1.80. The van der Waals surface area contributed by atoms with E-state index in [4.69, 9.17) is 9.47 Å². The van der Waals surface area contributed by atoms with Crippen molar-refractivity contribution in [3.8, 4) is 5.75 Å². The van der Waals surface area contributed by atoms with Crippen molar-refractivity contribution in [2.45, 2.75) is 57.8 Å². The molecule has 1 atom stereocenters. The van der Waals surface area contributed by atoms with Crippen LogP contribution in [0.15, 0.2) is 54.1 Å². The summed E-state index contributed by atoms with van der Waals surface area (Å²) in [6.07, 6.45) is 6.87. The van der Waals surface area contributed by atoms with Gasteiger partial charge in [0, 0.05) is 17.0 Å². The smallest absolute Gasteiger partial charge is 0.306 e. The van der Waals surface area contributed by atoms with E-state index in [2.05, 4.69) is 6.92 Å². The molecule has 34 heavy (non-hydrogen) atoms. The zero-order valence-electron chi connectivity index (χ0n) is 19.8. The molecular formula is C28H32O6. The molecule has 0 radical (unpaired) electrons. The number of esters is 1. The van der Waals surface area contributed by atoms with Crippen LogP contribution in [-0.4, -0.2) is 36.4 Å². The van der Waals surface area contributed by atoms with Crippen LogP contribution in [0.25, 0.3) is 5.76 Å². The Morgan fingerprint density at radius 2 is 1.53 bits per heavy atom. The molecule has 0 aliphatic heterocycles. The number of carbonyl (C=O) groups is 3. The van der Waals surface area contributed by atoms with Gasteiger partial charge in [0.15, 0.2) is 0 Å². The summed E-state index contributed by atoms with van der Waals surface area (Å²) < 4.78 is 10.6. The first-order chi connectivity index (χ1) is 16.5. The third-order valence-electron chi connectivity index (χ3n) is 6.13. The number of aliphatic hydroxyl groups is 1. The predicted octanol–water partition coefficient (Wildman–Crippen LogP) is 5.81. The van der Waals surface area contributed by atoms with Crippen LogP contribution < -0.4 is 4.74 Å². The first-order valence-electron chi connectivity index (χ1n) is 11.9. The molecule has 1 N–H and O–H groups in total. The van der Waals surface area contributed by atoms with E-state index in [-0.39, 0.29) is 28.9 Å². The van der Waals surface area contributed by atoms with Crippen molar-refractivity contribution >= 4 is 23.3 Å². The molecule has 0 heterocycles. The topological polar surface area (TPSA) is 89.9 Å². The van der Waals surface area contributed by atoms with Crippen LogP contribution in [0.3, 0.4) is 0 Å². The van der Waals surface area contributed by atoms with Gasteiger partial charge in [0.05, 0.1) is 25.7 Å². The first kappa shape index (κ1) is 25.2. The number of methoxy groups -OCH3 is 1. The Hall–Kier alpha value is -3.41. The molecule has 0 spiro atoms. The minimum absolute atomic E-state index is 0.0881. The second kappa shape index (κ2) is 12.2. The summed E-state index contributed by atoms with van der Waals surface area (Å²) in [6.45, 7) is 2.81. The number of benzene rings is 2. The molecule has 1 aliphatic carbocycles. The number of ketones is 2. The minimum Gasteiger partial charge on any atom is -0.507 e. The highest BCUT2D eigenvalue weighted by molar-refractivity contribution is 6.52. The fourth-order valence-electron chi connectivity index (χ4n) is 4.21. The molecule has 0 fully saturated rings. The number of unbranched alkanes of at least 4 members (excludes halogenated alkanes) is 5. The van der Waals surface area contributed by atoms with Gasteiger partial charge in [0.1, 0.15) is 11.5 Å². The van der Waals surface area contributed by atoms with Crippen molar-refractivity contribution in [1.82, 2.24) is 0 Å². The maximum Gasteiger partial charge on any atom is 0.306 e. The molecule has 2 aromatic rings. The number of hydrogen-bond donors (Lipinski definition) is 1. The largest absolute Gasteiger partial charge is 0.507 e. The van der Waals surface area contributed by atoms with Gasteiger partial charge in [-0.15, -0.1) is 0 Å². The Kier molecular flexibility index (Phi) is 9.02. The second-order valence-corrected chi connectivity index (χ2v) is 8.48. The van der Waals surface area contributed by atoms with Crippen LogP contribution >= 0.6 is 0 Å². The Morgan fingerprint density at radius 3 is 2.21 bits per heavy atom. The highest BCUT2D eigenvalue weighted by atomic mass is 16.5. The van der Waals surface area contributed by atoms with Crippen LogP contribution in [0, 0.1) is 0 Å². The molecule has 0 amide bonds. The predicted molar refractivity (Wildman–Crippen MR) is 130 cm³/mol. The molecule has 180 valence electrons. The summed E-state index contributed by atoms with van der Waals surface area (Å²) in [6, 6.07) is 13.5. The number of fused-ring (bicyclic) bond motifs is 1. The van der Waals surface area contributed by atoms with Gasteiger partial charge in [0.25, 0.3) is 0 Å². The number of ether oxygens (including phenoxy) is 2. The van der Waals surface area contributed by atoms with E-state index in [1.807, 2.05) is 0 Å². The van der Waals surface area contributed by atoms with Crippen molar-refractivity contribution in [3.63, 3.8) is 0 Å². The van der Waals surface area contributed by atoms with E-state index >= 15 is 0 Å². The maximum absolute atomic E-state index is 13.0. The van der Waals surface area contributed by atoms with Gasteiger partial charge in [-0.2, -0.15) is 0 Å². The highest BCUT2D eigenvalue weighted by Crippen LogP contribution is 2.38. The summed E-state index contributed by atoms with van der Waals surface area (Å²) in [5.74, 6) is -2.48. The second-order valence-electron chi connectivity index (χ2n) is 8.48. The molecule has 0 unspecified atom stereocenters. The van der Waals surface area contributed by atoms with Gasteiger partial charge >= 0.3 is 5.97 Å². The van der Waals surface area contributed by atoms with E-state index < -0.39 is 23.5 Å². The summed E-state index contributed by atoms with van der Waals surface area (Å²) >= 11 is 0. The Labute approximate surface area is 200 Å². The van der Waals surface area contributed by atoms with Crippen molar-refractivity contribution in [2.24, 2.45) is 0 Å². The zero-order valence-corrected chi connectivity index (χ0v) is 19.8. The van der Waals surface area contributed by atoms with Crippen LogP contribution in [-0.2, 0) is 14.3 Å². The molecule has 0 bridgehead atoms. The summed E-state index contributed by atoms with van der Waals surface area (Å²) in [5, 5.41) is 10.9. The molecule has 1 aliphatic rings. The Bertz CT molecular complexity index is 1050. The summed E-state index contributed by atoms with van der Waals surface area (Å²) in [5.41, 5.74) is 0.967. The van der Waals surface area contributed by atoms with Crippen LogP contribution in [0.4, 0.5) is 0 Å². The summed E-state index contributed by atoms with van der Waals surface area (Å²) in [4.78, 5) is 37.9. The standard InChI is InChI=1S/C28H32O6/c1-3-4-5-6-7-10-17-34-20-15-13-19(14-16-20)23(18-24(29)33-2)25-26(30)21-11-8-9-12-22(21)27(31)28(25)32/h8-9,11-16,23,30H,3-7,10,17-18H2,1-2H3/t23-/m0/s1. The van der Waals surface area contributed by atoms with Crippen molar-refractivity contribution < 1.29 is 29.0 Å². The monoisotopic (exact) mass is 464 g/mol. The molecule has 0 aromatic heterocycles. The molecule has 6 heteroatoms. The van der Waals surface area contributed by atoms with E-state index in [1.54, 1.807) is 42.5 Å². The van der Waals surface area contributed by atoms with Gasteiger partial charge in [-0.05, 0) is 24.1 Å². The number of hydrogen-bond acceptors (Lipinski definition) is 6. The molecule has 0 saturated heterocycles. The molecule has 2 aromatic carbocycles. The average molecular weight is 465 g/mol. The van der Waals surface area contributed by atoms with Gasteiger partial charge in [0.2, 0.25) is 11.6 Å². The normalized spacial score (nSPS) is 14.1. The minimum atomic E-state index is -0.829. The third-order valence-corrected chi connectivity index (χ3v) is 6.13. The average Bonchev–Trinajstić information content (AvgIpc) is 2.86. The number of rotatable bonds is 12. The number of carbonyl (C=O) groups excluding carboxylic acids is 3. The van der Waals surface area contributed by atoms with E-state index in [0.717, 1.165) is 12.8 Å². The lowest BCUT2D eigenvalue weighted by Gasteiger charge is -2.24. The van der Waals surface area contributed by atoms with E-state index in [9.17, 15) is 19.5 Å². The van der Waals surface area contributed by atoms with Gasteiger partial charge in [-0.3, -0.25) is 14.4 Å². The van der Waals surface area contributed by atoms with Crippen molar-refractivity contribution in [2.75, 3.05) is 13.7 Å². The van der Waals surface area contributed by atoms with E-state index in [1.165, 1.54) is 38.9 Å². The number of Topliss-reactive ketones (excluding diaryl/α,β-unsaturated/α-hetero) is 2. The van der Waals surface area contributed by atoms with Crippen LogP contribution in [0.2, 0.25) is 0 Å². The summed E-state index contributed by atoms with van der Waals surface area (Å²) in [7, 11) is 1.26. The quantitative estimate of drug-likeness (QED) is 0.242. The van der Waals surface area contributed by atoms with Crippen LogP contribution in [0.1, 0.15) is 79.3 Å². The fraction of sp³-hybridized carbons (Fsp3) is 0.393. The fourth-order valence-corrected chi connectivity index (χ4v) is 4.21.